The topological polar surface area (TPSA) is 58.3 Å². The highest BCUT2D eigenvalue weighted by molar-refractivity contribution is 5.75. The number of rotatable bonds is 6. The minimum absolute atomic E-state index is 0.680. The van der Waals surface area contributed by atoms with Crippen molar-refractivity contribution in [2.75, 3.05) is 41.7 Å². The van der Waals surface area contributed by atoms with Crippen molar-refractivity contribution >= 4 is 17.3 Å². The van der Waals surface area contributed by atoms with Crippen LogP contribution >= 0.6 is 0 Å². The summed E-state index contributed by atoms with van der Waals surface area (Å²) in [5, 5.41) is 0. The molecule has 0 spiro atoms. The van der Waals surface area contributed by atoms with Crippen molar-refractivity contribution in [2.45, 2.75) is 27.7 Å². The fraction of sp³-hybridized carbons (Fsp3) is 0.667. The van der Waals surface area contributed by atoms with Gasteiger partial charge < -0.3 is 15.5 Å². The molecule has 5 heteroatoms. The molecule has 0 bridgehead atoms. The Kier molecular flexibility index (Phi) is 5.00. The second-order valence-electron chi connectivity index (χ2n) is 3.78. The van der Waals surface area contributed by atoms with E-state index in [-0.39, 0.29) is 0 Å². The van der Waals surface area contributed by atoms with Gasteiger partial charge in [-0.3, -0.25) is 0 Å². The first kappa shape index (κ1) is 13.5. The van der Waals surface area contributed by atoms with Gasteiger partial charge in [0.25, 0.3) is 0 Å². The maximum atomic E-state index is 6.18. The molecule has 0 atom stereocenters. The lowest BCUT2D eigenvalue weighted by molar-refractivity contribution is 0.821. The third kappa shape index (κ3) is 2.78. The van der Waals surface area contributed by atoms with Gasteiger partial charge in [-0.25, -0.2) is 9.97 Å². The van der Waals surface area contributed by atoms with Crippen molar-refractivity contribution in [1.82, 2.24) is 9.97 Å². The quantitative estimate of drug-likeness (QED) is 0.817. The van der Waals surface area contributed by atoms with Gasteiger partial charge in [-0.1, -0.05) is 0 Å². The summed E-state index contributed by atoms with van der Waals surface area (Å²) in [5.74, 6) is 1.68. The van der Waals surface area contributed by atoms with E-state index < -0.39 is 0 Å². The fourth-order valence-corrected chi connectivity index (χ4v) is 1.93. The van der Waals surface area contributed by atoms with E-state index in [9.17, 15) is 0 Å². The largest absolute Gasteiger partial charge is 0.393 e. The molecule has 96 valence electrons. The first-order valence-electron chi connectivity index (χ1n) is 6.29. The average Bonchev–Trinajstić information content (AvgIpc) is 2.36. The molecule has 0 saturated heterocycles. The first-order valence-corrected chi connectivity index (χ1v) is 6.29. The van der Waals surface area contributed by atoms with E-state index in [1.807, 2.05) is 0 Å². The van der Waals surface area contributed by atoms with Crippen molar-refractivity contribution in [3.8, 4) is 0 Å². The zero-order valence-electron chi connectivity index (χ0n) is 11.3. The molecular weight excluding hydrogens is 214 g/mol. The summed E-state index contributed by atoms with van der Waals surface area (Å²) in [5.41, 5.74) is 6.86. The zero-order valence-corrected chi connectivity index (χ0v) is 11.3. The predicted molar refractivity (Wildman–Crippen MR) is 73.6 cm³/mol. The lowest BCUT2D eigenvalue weighted by Crippen LogP contribution is -2.28. The summed E-state index contributed by atoms with van der Waals surface area (Å²) in [7, 11) is 0. The van der Waals surface area contributed by atoms with Crippen LogP contribution in [0.5, 0.6) is 0 Å². The van der Waals surface area contributed by atoms with Gasteiger partial charge >= 0.3 is 0 Å². The lowest BCUT2D eigenvalue weighted by atomic mass is 10.3. The van der Waals surface area contributed by atoms with Crippen LogP contribution in [-0.2, 0) is 0 Å². The second kappa shape index (κ2) is 6.27. The van der Waals surface area contributed by atoms with Gasteiger partial charge in [0.15, 0.2) is 11.6 Å². The van der Waals surface area contributed by atoms with Crippen molar-refractivity contribution in [3.63, 3.8) is 0 Å². The van der Waals surface area contributed by atoms with Gasteiger partial charge in [-0.2, -0.15) is 0 Å². The minimum atomic E-state index is 0.680. The van der Waals surface area contributed by atoms with E-state index in [0.29, 0.717) is 5.69 Å². The van der Waals surface area contributed by atoms with Gasteiger partial charge in [0.1, 0.15) is 12.0 Å². The van der Waals surface area contributed by atoms with E-state index in [1.165, 1.54) is 0 Å². The number of nitrogens with two attached hydrogens (primary N) is 1. The van der Waals surface area contributed by atoms with Crippen LogP contribution in [0.15, 0.2) is 6.33 Å². The molecule has 17 heavy (non-hydrogen) atoms. The molecule has 0 radical (unpaired) electrons. The number of nitrogens with zero attached hydrogens (tertiary/aromatic N) is 4. The van der Waals surface area contributed by atoms with Crippen LogP contribution in [0.1, 0.15) is 27.7 Å². The molecule has 0 unspecified atom stereocenters. The van der Waals surface area contributed by atoms with E-state index >= 15 is 0 Å². The lowest BCUT2D eigenvalue weighted by Gasteiger charge is -2.26. The highest BCUT2D eigenvalue weighted by atomic mass is 15.2. The molecule has 0 aliphatic rings. The third-order valence-corrected chi connectivity index (χ3v) is 2.97. The monoisotopic (exact) mass is 237 g/mol. The molecule has 0 aromatic carbocycles. The fourth-order valence-electron chi connectivity index (χ4n) is 1.93. The molecule has 5 nitrogen and oxygen atoms in total. The first-order chi connectivity index (χ1) is 8.19. The van der Waals surface area contributed by atoms with Gasteiger partial charge in [-0.05, 0) is 27.7 Å². The summed E-state index contributed by atoms with van der Waals surface area (Å²) < 4.78 is 0. The Hall–Kier alpha value is -1.52. The van der Waals surface area contributed by atoms with Crippen LogP contribution in [0.4, 0.5) is 17.3 Å². The summed E-state index contributed by atoms with van der Waals surface area (Å²) in [4.78, 5) is 12.9. The molecule has 1 rings (SSSR count). The average molecular weight is 237 g/mol. The number of nitrogen functional groups attached to an aromatic ring is 1. The second-order valence-corrected chi connectivity index (χ2v) is 3.78. The Morgan fingerprint density at radius 3 is 1.53 bits per heavy atom. The van der Waals surface area contributed by atoms with Crippen molar-refractivity contribution < 1.29 is 0 Å². The van der Waals surface area contributed by atoms with Crippen LogP contribution in [-0.4, -0.2) is 36.1 Å². The molecule has 0 saturated carbocycles. The Bertz CT molecular complexity index is 314. The molecule has 1 aromatic rings. The number of hydrogen-bond acceptors (Lipinski definition) is 5. The molecule has 1 heterocycles. The zero-order chi connectivity index (χ0) is 12.8. The minimum Gasteiger partial charge on any atom is -0.393 e. The van der Waals surface area contributed by atoms with Gasteiger partial charge in [0.2, 0.25) is 0 Å². The Morgan fingerprint density at radius 1 is 0.882 bits per heavy atom. The molecule has 0 amide bonds. The Labute approximate surface area is 104 Å². The smallest absolute Gasteiger partial charge is 0.157 e. The summed E-state index contributed by atoms with van der Waals surface area (Å²) >= 11 is 0. The van der Waals surface area contributed by atoms with Crippen LogP contribution in [0.25, 0.3) is 0 Å². The number of aromatic nitrogens is 2. The summed E-state index contributed by atoms with van der Waals surface area (Å²) in [6, 6.07) is 0. The maximum Gasteiger partial charge on any atom is 0.157 e. The van der Waals surface area contributed by atoms with Crippen LogP contribution < -0.4 is 15.5 Å². The highest BCUT2D eigenvalue weighted by Crippen LogP contribution is 2.28. The standard InChI is InChI=1S/C12H23N5/c1-5-16(6-2)11-10(13)12(15-9-14-11)17(7-3)8-4/h9H,5-8,13H2,1-4H3. The maximum absolute atomic E-state index is 6.18. The Morgan fingerprint density at radius 2 is 1.24 bits per heavy atom. The predicted octanol–water partition coefficient (Wildman–Crippen LogP) is 1.75. The molecule has 0 aliphatic heterocycles. The summed E-state index contributed by atoms with van der Waals surface area (Å²) in [6.45, 7) is 12.0. The molecule has 0 aliphatic carbocycles. The van der Waals surface area contributed by atoms with E-state index in [1.54, 1.807) is 6.33 Å². The van der Waals surface area contributed by atoms with Crippen LogP contribution in [0, 0.1) is 0 Å². The highest BCUT2D eigenvalue weighted by Gasteiger charge is 2.15. The number of hydrogen-bond donors (Lipinski definition) is 1. The molecule has 0 fully saturated rings. The van der Waals surface area contributed by atoms with E-state index in [4.69, 9.17) is 5.73 Å². The van der Waals surface area contributed by atoms with Crippen molar-refractivity contribution in [2.24, 2.45) is 0 Å². The van der Waals surface area contributed by atoms with Crippen LogP contribution in [0.2, 0.25) is 0 Å². The van der Waals surface area contributed by atoms with Crippen molar-refractivity contribution in [1.29, 1.82) is 0 Å². The normalized spacial score (nSPS) is 10.4. The van der Waals surface area contributed by atoms with Gasteiger partial charge in [-0.15, -0.1) is 0 Å². The van der Waals surface area contributed by atoms with Gasteiger partial charge in [0, 0.05) is 26.2 Å². The third-order valence-electron chi connectivity index (χ3n) is 2.97. The molecule has 1 aromatic heterocycles. The van der Waals surface area contributed by atoms with Crippen LogP contribution in [0.3, 0.4) is 0 Å². The van der Waals surface area contributed by atoms with E-state index in [2.05, 4.69) is 47.5 Å². The molecule has 2 N–H and O–H groups in total. The van der Waals surface area contributed by atoms with Crippen molar-refractivity contribution in [3.05, 3.63) is 6.33 Å². The Balaban J connectivity index is 3.14. The van der Waals surface area contributed by atoms with E-state index in [0.717, 1.165) is 37.8 Å². The van der Waals surface area contributed by atoms with Gasteiger partial charge in [0.05, 0.1) is 0 Å². The summed E-state index contributed by atoms with van der Waals surface area (Å²) in [6.07, 6.45) is 1.59. The molecular formula is C12H23N5. The SMILES string of the molecule is CCN(CC)c1ncnc(N(CC)CC)c1N. The number of anilines is 3.